The van der Waals surface area contributed by atoms with Gasteiger partial charge >= 0.3 is 0 Å². The fourth-order valence-corrected chi connectivity index (χ4v) is 5.11. The predicted octanol–water partition coefficient (Wildman–Crippen LogP) is 3.45. The van der Waals surface area contributed by atoms with Gasteiger partial charge in [0.25, 0.3) is 5.91 Å². The summed E-state index contributed by atoms with van der Waals surface area (Å²) in [5.41, 5.74) is 2.22. The third kappa shape index (κ3) is 3.69. The second-order valence-electron chi connectivity index (χ2n) is 9.22. The Kier molecular flexibility index (Phi) is 4.84. The van der Waals surface area contributed by atoms with Gasteiger partial charge in [0.05, 0.1) is 0 Å². The molecule has 1 amide bonds. The number of benzene rings is 1. The Hall–Kier alpha value is -1.55. The van der Waals surface area contributed by atoms with Crippen LogP contribution in [0.25, 0.3) is 0 Å². The van der Waals surface area contributed by atoms with E-state index in [0.29, 0.717) is 12.5 Å². The van der Waals surface area contributed by atoms with Gasteiger partial charge in [-0.2, -0.15) is 0 Å². The molecule has 0 atom stereocenters. The maximum Gasteiger partial charge on any atom is 0.251 e. The van der Waals surface area contributed by atoms with Gasteiger partial charge in [-0.1, -0.05) is 27.7 Å². The summed E-state index contributed by atoms with van der Waals surface area (Å²) in [6.07, 6.45) is 3.20. The molecule has 3 rings (SSSR count). The Bertz CT molecular complexity index is 599. The number of hydrogen-bond donors (Lipinski definition) is 2. The van der Waals surface area contributed by atoms with Gasteiger partial charge < -0.3 is 15.3 Å². The molecule has 1 aliphatic heterocycles. The topological polar surface area (TPSA) is 52.6 Å². The van der Waals surface area contributed by atoms with E-state index in [1.54, 1.807) is 0 Å². The Morgan fingerprint density at radius 1 is 1.12 bits per heavy atom. The van der Waals surface area contributed by atoms with E-state index < -0.39 is 0 Å². The van der Waals surface area contributed by atoms with Crippen LogP contribution in [0, 0.1) is 16.7 Å². The number of hydrogen-bond acceptors (Lipinski definition) is 3. The van der Waals surface area contributed by atoms with E-state index in [2.05, 4.69) is 37.9 Å². The number of carbonyl (C=O) groups excluding carboxylic acids is 1. The molecule has 0 radical (unpaired) electrons. The monoisotopic (exact) mass is 344 g/mol. The molecule has 1 aromatic rings. The van der Waals surface area contributed by atoms with Crippen molar-refractivity contribution in [1.29, 1.82) is 0 Å². The Balaban J connectivity index is 1.61. The summed E-state index contributed by atoms with van der Waals surface area (Å²) in [5.74, 6) is 0.465. The molecule has 0 aromatic heterocycles. The van der Waals surface area contributed by atoms with Crippen LogP contribution in [0.5, 0.6) is 0 Å². The number of rotatable bonds is 4. The first-order chi connectivity index (χ1) is 11.7. The number of nitrogens with one attached hydrogen (secondary N) is 1. The Morgan fingerprint density at radius 2 is 1.68 bits per heavy atom. The van der Waals surface area contributed by atoms with Crippen molar-refractivity contribution in [2.75, 3.05) is 24.6 Å². The molecule has 0 bridgehead atoms. The average molecular weight is 344 g/mol. The quantitative estimate of drug-likeness (QED) is 0.879. The number of carbonyl (C=O) groups is 1. The van der Waals surface area contributed by atoms with Gasteiger partial charge in [0.15, 0.2) is 0 Å². The first-order valence-corrected chi connectivity index (χ1v) is 9.50. The van der Waals surface area contributed by atoms with Crippen LogP contribution >= 0.6 is 0 Å². The molecule has 1 saturated carbocycles. The highest BCUT2D eigenvalue weighted by atomic mass is 16.3. The predicted molar refractivity (Wildman–Crippen MR) is 102 cm³/mol. The van der Waals surface area contributed by atoms with Crippen LogP contribution in [0.2, 0.25) is 0 Å². The summed E-state index contributed by atoms with van der Waals surface area (Å²) in [4.78, 5) is 15.0. The van der Waals surface area contributed by atoms with Gasteiger partial charge in [0.1, 0.15) is 0 Å². The first kappa shape index (κ1) is 18.2. The number of aliphatic hydroxyl groups excluding tert-OH is 1. The van der Waals surface area contributed by atoms with Crippen molar-refractivity contribution >= 4 is 11.6 Å². The summed E-state index contributed by atoms with van der Waals surface area (Å²) in [6, 6.07) is 8.17. The number of nitrogens with zero attached hydrogens (tertiary/aromatic N) is 1. The minimum atomic E-state index is 0.0244. The highest BCUT2D eigenvalue weighted by Gasteiger charge is 2.53. The molecule has 1 heterocycles. The number of piperidine rings is 1. The summed E-state index contributed by atoms with van der Waals surface area (Å²) in [7, 11) is 0. The van der Waals surface area contributed by atoms with Crippen molar-refractivity contribution in [3.8, 4) is 0 Å². The summed E-state index contributed by atoms with van der Waals surface area (Å²) in [6.45, 7) is 11.1. The van der Waals surface area contributed by atoms with Crippen LogP contribution in [-0.2, 0) is 0 Å². The molecule has 1 saturated heterocycles. The van der Waals surface area contributed by atoms with E-state index in [1.807, 2.05) is 24.3 Å². The average Bonchev–Trinajstić information content (AvgIpc) is 2.58. The van der Waals surface area contributed by atoms with Gasteiger partial charge in [-0.3, -0.25) is 4.79 Å². The standard InChI is InChI=1S/C21H32N2O2/c1-20(2)14-21(3,4)19(20)22-18(25)16-5-7-17(8-6-16)23-11-9-15(13-24)10-12-23/h5-8,15,19,24H,9-14H2,1-4H3,(H,22,25). The van der Waals surface area contributed by atoms with Crippen LogP contribution in [0.1, 0.15) is 57.3 Å². The maximum atomic E-state index is 12.6. The number of aliphatic hydroxyl groups is 1. The number of anilines is 1. The van der Waals surface area contributed by atoms with E-state index in [0.717, 1.165) is 43.6 Å². The van der Waals surface area contributed by atoms with Crippen molar-refractivity contribution in [3.63, 3.8) is 0 Å². The van der Waals surface area contributed by atoms with Crippen LogP contribution in [-0.4, -0.2) is 36.8 Å². The van der Waals surface area contributed by atoms with Crippen molar-refractivity contribution in [2.45, 2.75) is 53.0 Å². The second-order valence-corrected chi connectivity index (χ2v) is 9.22. The molecule has 1 aromatic carbocycles. The lowest BCUT2D eigenvalue weighted by molar-refractivity contribution is -0.0366. The highest BCUT2D eigenvalue weighted by molar-refractivity contribution is 5.95. The molecule has 138 valence electrons. The molecule has 0 spiro atoms. The Morgan fingerprint density at radius 3 is 2.16 bits per heavy atom. The molecule has 25 heavy (non-hydrogen) atoms. The summed E-state index contributed by atoms with van der Waals surface area (Å²) < 4.78 is 0. The molecule has 2 fully saturated rings. The lowest BCUT2D eigenvalue weighted by Gasteiger charge is -2.57. The fourth-order valence-electron chi connectivity index (χ4n) is 5.11. The third-order valence-corrected chi connectivity index (χ3v) is 6.12. The molecule has 2 aliphatic rings. The zero-order valence-electron chi connectivity index (χ0n) is 16.0. The lowest BCUT2D eigenvalue weighted by Crippen LogP contribution is -2.63. The third-order valence-electron chi connectivity index (χ3n) is 6.12. The SMILES string of the molecule is CC1(C)CC(C)(C)C1NC(=O)c1ccc(N2CCC(CO)CC2)cc1. The normalized spacial score (nSPS) is 23.2. The van der Waals surface area contributed by atoms with E-state index in [-0.39, 0.29) is 22.8 Å². The smallest absolute Gasteiger partial charge is 0.251 e. The highest BCUT2D eigenvalue weighted by Crippen LogP contribution is 2.53. The van der Waals surface area contributed by atoms with Gasteiger partial charge in [-0.05, 0) is 60.3 Å². The van der Waals surface area contributed by atoms with Crippen molar-refractivity contribution in [1.82, 2.24) is 5.32 Å². The van der Waals surface area contributed by atoms with E-state index in [1.165, 1.54) is 0 Å². The molecule has 4 heteroatoms. The molecule has 4 nitrogen and oxygen atoms in total. The molecule has 1 aliphatic carbocycles. The zero-order valence-corrected chi connectivity index (χ0v) is 16.0. The molecular formula is C21H32N2O2. The van der Waals surface area contributed by atoms with E-state index in [4.69, 9.17) is 0 Å². The minimum absolute atomic E-state index is 0.0244. The van der Waals surface area contributed by atoms with Crippen LogP contribution in [0.3, 0.4) is 0 Å². The van der Waals surface area contributed by atoms with Crippen molar-refractivity contribution < 1.29 is 9.90 Å². The van der Waals surface area contributed by atoms with Crippen LogP contribution in [0.15, 0.2) is 24.3 Å². The molecular weight excluding hydrogens is 312 g/mol. The minimum Gasteiger partial charge on any atom is -0.396 e. The summed E-state index contributed by atoms with van der Waals surface area (Å²) >= 11 is 0. The van der Waals surface area contributed by atoms with Crippen molar-refractivity contribution in [2.24, 2.45) is 16.7 Å². The fraction of sp³-hybridized carbons (Fsp3) is 0.667. The molecule has 0 unspecified atom stereocenters. The van der Waals surface area contributed by atoms with Crippen LogP contribution < -0.4 is 10.2 Å². The maximum absolute atomic E-state index is 12.6. The van der Waals surface area contributed by atoms with E-state index >= 15 is 0 Å². The van der Waals surface area contributed by atoms with Crippen LogP contribution in [0.4, 0.5) is 5.69 Å². The lowest BCUT2D eigenvalue weighted by atomic mass is 9.52. The second kappa shape index (κ2) is 6.64. The largest absolute Gasteiger partial charge is 0.396 e. The van der Waals surface area contributed by atoms with Gasteiger partial charge in [-0.15, -0.1) is 0 Å². The van der Waals surface area contributed by atoms with E-state index in [9.17, 15) is 9.90 Å². The first-order valence-electron chi connectivity index (χ1n) is 9.50. The zero-order chi connectivity index (χ0) is 18.2. The van der Waals surface area contributed by atoms with Gasteiger partial charge in [0, 0.05) is 37.0 Å². The Labute approximate surface area is 151 Å². The van der Waals surface area contributed by atoms with Gasteiger partial charge in [-0.25, -0.2) is 0 Å². The number of amides is 1. The van der Waals surface area contributed by atoms with Gasteiger partial charge in [0.2, 0.25) is 0 Å². The molecule has 2 N–H and O–H groups in total. The summed E-state index contributed by atoms with van der Waals surface area (Å²) in [5, 5.41) is 12.5. The van der Waals surface area contributed by atoms with Crippen molar-refractivity contribution in [3.05, 3.63) is 29.8 Å².